The monoisotopic (exact) mass is 415 g/mol. The molecule has 152 valence electrons. The summed E-state index contributed by atoms with van der Waals surface area (Å²) >= 11 is 1.68. The number of nitrogens with zero attached hydrogens (tertiary/aromatic N) is 2. The number of aromatic nitrogens is 1. The van der Waals surface area contributed by atoms with Crippen molar-refractivity contribution in [1.29, 1.82) is 0 Å². The van der Waals surface area contributed by atoms with E-state index in [-0.39, 0.29) is 11.9 Å². The summed E-state index contributed by atoms with van der Waals surface area (Å²) in [6.45, 7) is 0.982. The molecule has 4 rings (SSSR count). The van der Waals surface area contributed by atoms with Gasteiger partial charge in [-0.05, 0) is 36.7 Å². The van der Waals surface area contributed by atoms with Crippen molar-refractivity contribution in [3.05, 3.63) is 101 Å². The first kappa shape index (κ1) is 20.3. The minimum atomic E-state index is -0.0584. The number of hydrogen-bond donors (Lipinski definition) is 1. The topological polar surface area (TPSA) is 45.2 Å². The Labute approximate surface area is 181 Å². The lowest BCUT2D eigenvalue weighted by Crippen LogP contribution is -2.37. The van der Waals surface area contributed by atoms with Crippen molar-refractivity contribution in [1.82, 2.24) is 15.2 Å². The Balaban J connectivity index is 1.40. The summed E-state index contributed by atoms with van der Waals surface area (Å²) in [4.78, 5) is 19.5. The Bertz CT molecular complexity index is 1060. The van der Waals surface area contributed by atoms with E-state index in [1.807, 2.05) is 66.5 Å². The maximum Gasteiger partial charge on any atom is 0.234 e. The van der Waals surface area contributed by atoms with Crippen LogP contribution in [-0.2, 0) is 17.8 Å². The lowest BCUT2D eigenvalue weighted by molar-refractivity contribution is -0.122. The van der Waals surface area contributed by atoms with Crippen LogP contribution < -0.4 is 5.32 Å². The van der Waals surface area contributed by atoms with Crippen molar-refractivity contribution < 1.29 is 4.79 Å². The Morgan fingerprint density at radius 2 is 1.63 bits per heavy atom. The lowest BCUT2D eigenvalue weighted by atomic mass is 9.99. The number of likely N-dealkylation sites (N-methyl/N-ethyl adjacent to an activating group) is 1. The van der Waals surface area contributed by atoms with Gasteiger partial charge < -0.3 is 5.32 Å². The van der Waals surface area contributed by atoms with Gasteiger partial charge in [0.2, 0.25) is 5.91 Å². The number of thiazole rings is 1. The van der Waals surface area contributed by atoms with Crippen molar-refractivity contribution in [2.75, 3.05) is 13.6 Å². The van der Waals surface area contributed by atoms with E-state index in [2.05, 4.69) is 40.6 Å². The van der Waals surface area contributed by atoms with Crippen molar-refractivity contribution in [2.45, 2.75) is 19.0 Å². The Morgan fingerprint density at radius 3 is 2.37 bits per heavy atom. The molecule has 1 unspecified atom stereocenters. The second kappa shape index (κ2) is 9.65. The molecule has 1 N–H and O–H groups in total. The zero-order chi connectivity index (χ0) is 20.8. The van der Waals surface area contributed by atoms with Crippen LogP contribution in [0.15, 0.2) is 84.9 Å². The summed E-state index contributed by atoms with van der Waals surface area (Å²) in [5.41, 5.74) is 3.33. The average molecular weight is 416 g/mol. The molecule has 0 aliphatic rings. The van der Waals surface area contributed by atoms with Crippen LogP contribution in [0.2, 0.25) is 0 Å². The second-order valence-corrected chi connectivity index (χ2v) is 8.58. The molecule has 1 heterocycles. The third kappa shape index (κ3) is 5.32. The Hall–Kier alpha value is -3.02. The van der Waals surface area contributed by atoms with Gasteiger partial charge in [-0.25, -0.2) is 4.98 Å². The van der Waals surface area contributed by atoms with Gasteiger partial charge in [-0.15, -0.1) is 11.3 Å². The molecule has 30 heavy (non-hydrogen) atoms. The number of para-hydroxylation sites is 1. The highest BCUT2D eigenvalue weighted by atomic mass is 32.1. The molecule has 0 aliphatic heterocycles. The van der Waals surface area contributed by atoms with Gasteiger partial charge in [0.05, 0.1) is 29.3 Å². The summed E-state index contributed by atoms with van der Waals surface area (Å²) in [6.07, 6.45) is 0.762. The molecule has 0 spiro atoms. The highest BCUT2D eigenvalue weighted by molar-refractivity contribution is 7.18. The van der Waals surface area contributed by atoms with Gasteiger partial charge >= 0.3 is 0 Å². The first-order valence-electron chi connectivity index (χ1n) is 10.1. The van der Waals surface area contributed by atoms with E-state index >= 15 is 0 Å². The molecule has 0 fully saturated rings. The number of benzene rings is 3. The van der Waals surface area contributed by atoms with Gasteiger partial charge in [-0.2, -0.15) is 0 Å². The zero-order valence-electron chi connectivity index (χ0n) is 17.0. The van der Waals surface area contributed by atoms with Crippen LogP contribution in [0, 0.1) is 0 Å². The standard InChI is InChI=1S/C25H25N3OS/c1-28(18-25-27-21-14-8-9-15-23(21)30-25)17-24(29)26-22(20-12-6-3-7-13-20)16-19-10-4-2-5-11-19/h2-15,22H,16-18H2,1H3,(H,26,29). The quantitative estimate of drug-likeness (QED) is 0.448. The predicted molar refractivity (Wildman–Crippen MR) is 123 cm³/mol. The Kier molecular flexibility index (Phi) is 6.52. The van der Waals surface area contributed by atoms with Gasteiger partial charge in [-0.1, -0.05) is 72.8 Å². The van der Waals surface area contributed by atoms with Crippen LogP contribution in [0.1, 0.15) is 22.2 Å². The van der Waals surface area contributed by atoms with E-state index in [0.717, 1.165) is 22.5 Å². The second-order valence-electron chi connectivity index (χ2n) is 7.47. The molecule has 4 nitrogen and oxygen atoms in total. The molecule has 1 atom stereocenters. The predicted octanol–water partition coefficient (Wildman–Crippen LogP) is 4.83. The van der Waals surface area contributed by atoms with E-state index in [4.69, 9.17) is 0 Å². The lowest BCUT2D eigenvalue weighted by Gasteiger charge is -2.22. The largest absolute Gasteiger partial charge is 0.348 e. The van der Waals surface area contributed by atoms with Gasteiger partial charge in [0.1, 0.15) is 5.01 Å². The SMILES string of the molecule is CN(CC(=O)NC(Cc1ccccc1)c1ccccc1)Cc1nc2ccccc2s1. The number of carbonyl (C=O) groups is 1. The molecule has 0 bridgehead atoms. The summed E-state index contributed by atoms with van der Waals surface area (Å²) < 4.78 is 1.18. The molecular formula is C25H25N3OS. The summed E-state index contributed by atoms with van der Waals surface area (Å²) in [6, 6.07) is 28.5. The molecule has 1 amide bonds. The fourth-order valence-electron chi connectivity index (χ4n) is 3.55. The van der Waals surface area contributed by atoms with Crippen molar-refractivity contribution in [3.8, 4) is 0 Å². The first-order valence-corrected chi connectivity index (χ1v) is 10.9. The number of rotatable bonds is 8. The van der Waals surface area contributed by atoms with Crippen LogP contribution in [0.25, 0.3) is 10.2 Å². The molecule has 0 aliphatic carbocycles. The minimum absolute atomic E-state index is 0.0170. The fourth-order valence-corrected chi connectivity index (χ4v) is 4.59. The van der Waals surface area contributed by atoms with Crippen LogP contribution >= 0.6 is 11.3 Å². The van der Waals surface area contributed by atoms with E-state index < -0.39 is 0 Å². The zero-order valence-corrected chi connectivity index (χ0v) is 17.8. The van der Waals surface area contributed by atoms with Crippen molar-refractivity contribution in [3.63, 3.8) is 0 Å². The van der Waals surface area contributed by atoms with E-state index in [1.54, 1.807) is 11.3 Å². The van der Waals surface area contributed by atoms with E-state index in [9.17, 15) is 4.79 Å². The third-order valence-corrected chi connectivity index (χ3v) is 6.00. The third-order valence-electron chi connectivity index (χ3n) is 4.98. The van der Waals surface area contributed by atoms with Gasteiger partial charge in [0, 0.05) is 0 Å². The van der Waals surface area contributed by atoms with Crippen LogP contribution in [0.5, 0.6) is 0 Å². The maximum atomic E-state index is 12.8. The molecule has 1 aromatic heterocycles. The van der Waals surface area contributed by atoms with Crippen LogP contribution in [0.4, 0.5) is 0 Å². The Morgan fingerprint density at radius 1 is 0.967 bits per heavy atom. The number of fused-ring (bicyclic) bond motifs is 1. The van der Waals surface area contributed by atoms with Gasteiger partial charge in [-0.3, -0.25) is 9.69 Å². The summed E-state index contributed by atoms with van der Waals surface area (Å²) in [7, 11) is 1.96. The molecule has 0 radical (unpaired) electrons. The minimum Gasteiger partial charge on any atom is -0.348 e. The molecule has 5 heteroatoms. The van der Waals surface area contributed by atoms with Gasteiger partial charge in [0.15, 0.2) is 0 Å². The summed E-state index contributed by atoms with van der Waals surface area (Å²) in [5.74, 6) is 0.0170. The molecule has 0 saturated heterocycles. The molecule has 3 aromatic carbocycles. The van der Waals surface area contributed by atoms with Crippen molar-refractivity contribution >= 4 is 27.5 Å². The maximum absolute atomic E-state index is 12.8. The average Bonchev–Trinajstić information content (AvgIpc) is 3.16. The highest BCUT2D eigenvalue weighted by Gasteiger charge is 2.17. The van der Waals surface area contributed by atoms with Crippen LogP contribution in [0.3, 0.4) is 0 Å². The normalized spacial score (nSPS) is 12.2. The van der Waals surface area contributed by atoms with Crippen LogP contribution in [-0.4, -0.2) is 29.4 Å². The molecule has 0 saturated carbocycles. The van der Waals surface area contributed by atoms with E-state index in [1.165, 1.54) is 10.3 Å². The smallest absolute Gasteiger partial charge is 0.234 e. The van der Waals surface area contributed by atoms with Gasteiger partial charge in [0.25, 0.3) is 0 Å². The number of hydrogen-bond acceptors (Lipinski definition) is 4. The van der Waals surface area contributed by atoms with E-state index in [0.29, 0.717) is 13.1 Å². The highest BCUT2D eigenvalue weighted by Crippen LogP contribution is 2.22. The molecule has 4 aromatic rings. The number of carbonyl (C=O) groups excluding carboxylic acids is 1. The molecular weight excluding hydrogens is 390 g/mol. The first-order chi connectivity index (χ1) is 14.7. The number of amides is 1. The number of nitrogens with one attached hydrogen (secondary N) is 1. The summed E-state index contributed by atoms with van der Waals surface area (Å²) in [5, 5.41) is 4.25. The van der Waals surface area contributed by atoms with Crippen molar-refractivity contribution in [2.24, 2.45) is 0 Å². The fraction of sp³-hybridized carbons (Fsp3) is 0.200.